The number of nitrogens with zero attached hydrogens (tertiary/aromatic N) is 4. The largest absolute Gasteiger partial charge is 0.495 e. The van der Waals surface area contributed by atoms with E-state index >= 15 is 0 Å². The number of aromatic amines is 1. The van der Waals surface area contributed by atoms with E-state index in [1.54, 1.807) is 36.1 Å². The van der Waals surface area contributed by atoms with Gasteiger partial charge in [0.2, 0.25) is 0 Å². The highest BCUT2D eigenvalue weighted by Crippen LogP contribution is 2.42. The standard InChI is InChI=1S/C21H17ClN6O2/c1-24-17-8-16(22)19(30-3)7-14(17)20-15(10-25-28(20)2)11-4-5-12-13(6-11)18(9-23)26-27-21(12)29/h4-8,10H,9,23H2,2-3H3,(H,27,29). The quantitative estimate of drug-likeness (QED) is 0.490. The van der Waals surface area contributed by atoms with E-state index in [1.165, 1.54) is 7.11 Å². The number of halogens is 1. The van der Waals surface area contributed by atoms with Crippen LogP contribution in [0, 0.1) is 6.57 Å². The second-order valence-corrected chi connectivity index (χ2v) is 7.02. The fourth-order valence-corrected chi connectivity index (χ4v) is 3.73. The van der Waals surface area contributed by atoms with Crippen LogP contribution >= 0.6 is 11.6 Å². The van der Waals surface area contributed by atoms with Crippen LogP contribution in [0.15, 0.2) is 41.3 Å². The molecule has 0 aliphatic carbocycles. The van der Waals surface area contributed by atoms with Crippen molar-refractivity contribution in [1.29, 1.82) is 0 Å². The number of aryl methyl sites for hydroxylation is 1. The van der Waals surface area contributed by atoms with Crippen LogP contribution in [0.25, 0.3) is 38.0 Å². The van der Waals surface area contributed by atoms with Crippen molar-refractivity contribution in [1.82, 2.24) is 20.0 Å². The molecule has 2 heterocycles. The van der Waals surface area contributed by atoms with E-state index in [-0.39, 0.29) is 12.1 Å². The molecule has 2 aromatic carbocycles. The number of aromatic nitrogens is 4. The molecular formula is C21H17ClN6O2. The predicted molar refractivity (Wildman–Crippen MR) is 116 cm³/mol. The Labute approximate surface area is 176 Å². The van der Waals surface area contributed by atoms with Gasteiger partial charge in [-0.05, 0) is 29.8 Å². The zero-order valence-corrected chi connectivity index (χ0v) is 17.0. The fraction of sp³-hybridized carbons (Fsp3) is 0.143. The summed E-state index contributed by atoms with van der Waals surface area (Å²) in [5, 5.41) is 12.5. The first kappa shape index (κ1) is 19.6. The predicted octanol–water partition coefficient (Wildman–Crippen LogP) is 3.66. The highest BCUT2D eigenvalue weighted by molar-refractivity contribution is 6.32. The van der Waals surface area contributed by atoms with Crippen LogP contribution in [0.4, 0.5) is 5.69 Å². The molecule has 30 heavy (non-hydrogen) atoms. The third-order valence-electron chi connectivity index (χ3n) is 4.96. The minimum atomic E-state index is -0.280. The molecule has 3 N–H and O–H groups in total. The Hall–Kier alpha value is -3.67. The number of hydrogen-bond donors (Lipinski definition) is 2. The van der Waals surface area contributed by atoms with Crippen molar-refractivity contribution < 1.29 is 4.74 Å². The van der Waals surface area contributed by atoms with Gasteiger partial charge in [-0.15, -0.1) is 0 Å². The SMILES string of the molecule is [C-]#[N+]c1cc(Cl)c(OC)cc1-c1c(-c2ccc3c(=O)[nH]nc(CN)c3c2)cnn1C. The van der Waals surface area contributed by atoms with E-state index in [0.717, 1.165) is 16.8 Å². The van der Waals surface area contributed by atoms with Gasteiger partial charge in [-0.1, -0.05) is 17.7 Å². The number of benzene rings is 2. The molecule has 0 radical (unpaired) electrons. The smallest absolute Gasteiger partial charge is 0.272 e. The van der Waals surface area contributed by atoms with Gasteiger partial charge in [0.1, 0.15) is 5.75 Å². The number of methoxy groups -OCH3 is 1. The Morgan fingerprint density at radius 3 is 2.77 bits per heavy atom. The molecule has 2 aromatic heterocycles. The first-order valence-electron chi connectivity index (χ1n) is 8.97. The first-order valence-corrected chi connectivity index (χ1v) is 9.35. The number of fused-ring (bicyclic) bond motifs is 1. The maximum atomic E-state index is 12.1. The lowest BCUT2D eigenvalue weighted by Crippen LogP contribution is -2.13. The van der Waals surface area contributed by atoms with Crippen LogP contribution in [0.3, 0.4) is 0 Å². The summed E-state index contributed by atoms with van der Waals surface area (Å²) < 4.78 is 7.04. The second kappa shape index (κ2) is 7.63. The minimum absolute atomic E-state index is 0.187. The molecule has 4 rings (SSSR count). The van der Waals surface area contributed by atoms with E-state index in [2.05, 4.69) is 20.1 Å². The Kier molecular flexibility index (Phi) is 4.99. The number of nitrogens with two attached hydrogens (primary N) is 1. The van der Waals surface area contributed by atoms with Crippen molar-refractivity contribution >= 4 is 28.1 Å². The third-order valence-corrected chi connectivity index (χ3v) is 5.25. The van der Waals surface area contributed by atoms with Crippen LogP contribution in [-0.4, -0.2) is 27.1 Å². The molecule has 0 bridgehead atoms. The van der Waals surface area contributed by atoms with Gasteiger partial charge in [0, 0.05) is 30.1 Å². The molecule has 9 heteroatoms. The summed E-state index contributed by atoms with van der Waals surface area (Å²) in [5.41, 5.74) is 9.47. The number of nitrogens with one attached hydrogen (secondary N) is 1. The summed E-state index contributed by atoms with van der Waals surface area (Å²) >= 11 is 6.21. The van der Waals surface area contributed by atoms with Crippen molar-refractivity contribution in [2.45, 2.75) is 6.54 Å². The number of ether oxygens (including phenoxy) is 1. The average Bonchev–Trinajstić information content (AvgIpc) is 3.14. The van der Waals surface area contributed by atoms with Gasteiger partial charge in [-0.25, -0.2) is 9.94 Å². The Balaban J connectivity index is 1.99. The summed E-state index contributed by atoms with van der Waals surface area (Å²) in [6, 6.07) is 8.75. The monoisotopic (exact) mass is 420 g/mol. The molecule has 8 nitrogen and oxygen atoms in total. The maximum absolute atomic E-state index is 12.1. The highest BCUT2D eigenvalue weighted by Gasteiger charge is 2.19. The topological polar surface area (TPSA) is 103 Å². The lowest BCUT2D eigenvalue weighted by Gasteiger charge is -2.12. The molecule has 0 atom stereocenters. The van der Waals surface area contributed by atoms with Gasteiger partial charge in [-0.3, -0.25) is 9.48 Å². The van der Waals surface area contributed by atoms with E-state index in [0.29, 0.717) is 38.5 Å². The molecule has 150 valence electrons. The van der Waals surface area contributed by atoms with Gasteiger partial charge in [-0.2, -0.15) is 10.2 Å². The summed E-state index contributed by atoms with van der Waals surface area (Å²) in [7, 11) is 3.32. The molecule has 0 aliphatic rings. The van der Waals surface area contributed by atoms with E-state index in [1.807, 2.05) is 12.1 Å². The molecule has 0 saturated carbocycles. The summed E-state index contributed by atoms with van der Waals surface area (Å²) in [6.07, 6.45) is 1.72. The molecule has 0 saturated heterocycles. The number of rotatable bonds is 4. The van der Waals surface area contributed by atoms with Gasteiger partial charge < -0.3 is 10.5 Å². The van der Waals surface area contributed by atoms with Crippen LogP contribution < -0.4 is 16.0 Å². The summed E-state index contributed by atoms with van der Waals surface area (Å²) in [5.74, 6) is 0.464. The van der Waals surface area contributed by atoms with Crippen molar-refractivity contribution in [3.8, 4) is 28.1 Å². The molecule has 0 unspecified atom stereocenters. The lowest BCUT2D eigenvalue weighted by molar-refractivity contribution is 0.415. The highest BCUT2D eigenvalue weighted by atomic mass is 35.5. The average molecular weight is 421 g/mol. The van der Waals surface area contributed by atoms with Crippen molar-refractivity contribution in [3.05, 3.63) is 69.0 Å². The molecule has 4 aromatic rings. The van der Waals surface area contributed by atoms with Crippen molar-refractivity contribution in [2.75, 3.05) is 7.11 Å². The molecule has 0 amide bonds. The normalized spacial score (nSPS) is 10.9. The summed E-state index contributed by atoms with van der Waals surface area (Å²) in [6.45, 7) is 7.76. The van der Waals surface area contributed by atoms with Crippen molar-refractivity contribution in [2.24, 2.45) is 12.8 Å². The van der Waals surface area contributed by atoms with Crippen LogP contribution in [0.5, 0.6) is 5.75 Å². The van der Waals surface area contributed by atoms with Crippen LogP contribution in [0.1, 0.15) is 5.69 Å². The van der Waals surface area contributed by atoms with Crippen molar-refractivity contribution in [3.63, 3.8) is 0 Å². The van der Waals surface area contributed by atoms with E-state index in [9.17, 15) is 4.79 Å². The van der Waals surface area contributed by atoms with Gasteiger partial charge in [0.05, 0.1) is 41.7 Å². The zero-order valence-electron chi connectivity index (χ0n) is 16.2. The summed E-state index contributed by atoms with van der Waals surface area (Å²) in [4.78, 5) is 15.8. The third kappa shape index (κ3) is 3.10. The molecular weight excluding hydrogens is 404 g/mol. The Morgan fingerprint density at radius 2 is 2.07 bits per heavy atom. The Morgan fingerprint density at radius 1 is 1.27 bits per heavy atom. The van der Waals surface area contributed by atoms with Crippen LogP contribution in [0.2, 0.25) is 5.02 Å². The lowest BCUT2D eigenvalue weighted by atomic mass is 9.97. The molecule has 0 fully saturated rings. The number of H-pyrrole nitrogens is 1. The Bertz CT molecular complexity index is 1380. The number of hydrogen-bond acceptors (Lipinski definition) is 5. The first-order chi connectivity index (χ1) is 14.5. The minimum Gasteiger partial charge on any atom is -0.495 e. The van der Waals surface area contributed by atoms with Crippen LogP contribution in [-0.2, 0) is 13.6 Å². The van der Waals surface area contributed by atoms with E-state index < -0.39 is 0 Å². The van der Waals surface area contributed by atoms with Gasteiger partial charge in [0.15, 0.2) is 5.69 Å². The zero-order chi connectivity index (χ0) is 21.4. The van der Waals surface area contributed by atoms with Gasteiger partial charge in [0.25, 0.3) is 5.56 Å². The van der Waals surface area contributed by atoms with Gasteiger partial charge >= 0.3 is 0 Å². The fourth-order valence-electron chi connectivity index (χ4n) is 3.49. The second-order valence-electron chi connectivity index (χ2n) is 6.61. The molecule has 0 spiro atoms. The van der Waals surface area contributed by atoms with E-state index in [4.69, 9.17) is 28.6 Å². The molecule has 0 aliphatic heterocycles. The maximum Gasteiger partial charge on any atom is 0.272 e.